The molecule has 128 valence electrons. The van der Waals surface area contributed by atoms with Crippen LogP contribution in [0.4, 0.5) is 0 Å². The molecule has 6 nitrogen and oxygen atoms in total. The summed E-state index contributed by atoms with van der Waals surface area (Å²) in [4.78, 5) is 12.7. The van der Waals surface area contributed by atoms with Crippen molar-refractivity contribution in [2.24, 2.45) is 0 Å². The van der Waals surface area contributed by atoms with E-state index in [0.29, 0.717) is 19.5 Å². The molecule has 0 aliphatic carbocycles. The van der Waals surface area contributed by atoms with Gasteiger partial charge in [-0.1, -0.05) is 24.6 Å². The fourth-order valence-electron chi connectivity index (χ4n) is 2.78. The average molecular weight is 339 g/mol. The van der Waals surface area contributed by atoms with Gasteiger partial charge in [0.05, 0.1) is 4.90 Å². The van der Waals surface area contributed by atoms with Crippen LogP contribution in [0.2, 0.25) is 0 Å². The first kappa shape index (κ1) is 17.9. The maximum atomic E-state index is 12.8. The zero-order chi connectivity index (χ0) is 16.7. The highest BCUT2D eigenvalue weighted by Crippen LogP contribution is 2.25. The summed E-state index contributed by atoms with van der Waals surface area (Å²) in [5, 5.41) is 5.87. The first-order chi connectivity index (χ1) is 11.1. The lowest BCUT2D eigenvalue weighted by Crippen LogP contribution is -2.52. The minimum Gasteiger partial charge on any atom is -0.355 e. The van der Waals surface area contributed by atoms with Crippen molar-refractivity contribution in [3.05, 3.63) is 30.3 Å². The van der Waals surface area contributed by atoms with Gasteiger partial charge in [-0.2, -0.15) is 4.31 Å². The Labute approximate surface area is 138 Å². The van der Waals surface area contributed by atoms with Crippen LogP contribution in [-0.4, -0.2) is 51.4 Å². The van der Waals surface area contributed by atoms with E-state index in [4.69, 9.17) is 0 Å². The number of benzene rings is 1. The van der Waals surface area contributed by atoms with E-state index >= 15 is 0 Å². The molecule has 2 rings (SSSR count). The number of nitrogens with one attached hydrogen (secondary N) is 2. The Morgan fingerprint density at radius 1 is 1.22 bits per heavy atom. The van der Waals surface area contributed by atoms with E-state index in [-0.39, 0.29) is 10.8 Å². The van der Waals surface area contributed by atoms with Gasteiger partial charge in [0, 0.05) is 13.1 Å². The van der Waals surface area contributed by atoms with E-state index in [9.17, 15) is 13.2 Å². The number of amides is 1. The Kier molecular flexibility index (Phi) is 6.56. The van der Waals surface area contributed by atoms with Crippen molar-refractivity contribution in [3.63, 3.8) is 0 Å². The average Bonchev–Trinajstić information content (AvgIpc) is 2.59. The van der Waals surface area contributed by atoms with Crippen LogP contribution in [0, 0.1) is 0 Å². The van der Waals surface area contributed by atoms with Crippen molar-refractivity contribution in [1.29, 1.82) is 0 Å². The van der Waals surface area contributed by atoms with Crippen LogP contribution in [0.15, 0.2) is 35.2 Å². The summed E-state index contributed by atoms with van der Waals surface area (Å²) in [5.74, 6) is -0.194. The number of sulfonamides is 1. The fraction of sp³-hybridized carbons (Fsp3) is 0.562. The van der Waals surface area contributed by atoms with Crippen molar-refractivity contribution in [2.45, 2.75) is 36.6 Å². The Bertz CT molecular complexity index is 604. The molecule has 1 fully saturated rings. The van der Waals surface area contributed by atoms with Gasteiger partial charge in [-0.3, -0.25) is 4.79 Å². The maximum Gasteiger partial charge on any atom is 0.243 e. The number of nitrogens with zero attached hydrogens (tertiary/aromatic N) is 1. The number of carbonyl (C=O) groups excluding carboxylic acids is 1. The minimum absolute atomic E-state index is 0.194. The molecule has 1 aromatic carbocycles. The Morgan fingerprint density at radius 2 is 1.96 bits per heavy atom. The van der Waals surface area contributed by atoms with Crippen LogP contribution in [0.5, 0.6) is 0 Å². The highest BCUT2D eigenvalue weighted by atomic mass is 32.2. The molecule has 0 saturated carbocycles. The topological polar surface area (TPSA) is 78.5 Å². The molecule has 23 heavy (non-hydrogen) atoms. The first-order valence-electron chi connectivity index (χ1n) is 8.06. The molecule has 7 heteroatoms. The molecule has 1 aromatic rings. The monoisotopic (exact) mass is 339 g/mol. The highest BCUT2D eigenvalue weighted by Gasteiger charge is 2.37. The molecular formula is C16H25N3O3S. The van der Waals surface area contributed by atoms with Gasteiger partial charge in [0.25, 0.3) is 0 Å². The van der Waals surface area contributed by atoms with Crippen molar-refractivity contribution in [3.8, 4) is 0 Å². The van der Waals surface area contributed by atoms with Gasteiger partial charge < -0.3 is 10.6 Å². The molecule has 1 atom stereocenters. The minimum atomic E-state index is -3.63. The summed E-state index contributed by atoms with van der Waals surface area (Å²) in [6, 6.07) is 7.72. The molecule has 2 N–H and O–H groups in total. The van der Waals surface area contributed by atoms with Gasteiger partial charge in [-0.25, -0.2) is 8.42 Å². The lowest BCUT2D eigenvalue weighted by atomic mass is 10.0. The molecule has 1 saturated heterocycles. The molecule has 0 radical (unpaired) electrons. The van der Waals surface area contributed by atoms with Crippen LogP contribution in [0.3, 0.4) is 0 Å². The summed E-state index contributed by atoms with van der Waals surface area (Å²) in [6.45, 7) is 1.76. The summed E-state index contributed by atoms with van der Waals surface area (Å²) >= 11 is 0. The summed E-state index contributed by atoms with van der Waals surface area (Å²) < 4.78 is 27.0. The highest BCUT2D eigenvalue weighted by molar-refractivity contribution is 7.89. The third-order valence-corrected chi connectivity index (χ3v) is 5.93. The van der Waals surface area contributed by atoms with Crippen LogP contribution in [-0.2, 0) is 14.8 Å². The predicted octanol–water partition coefficient (Wildman–Crippen LogP) is 0.956. The second kappa shape index (κ2) is 8.42. The lowest BCUT2D eigenvalue weighted by Gasteiger charge is -2.33. The Morgan fingerprint density at radius 3 is 2.65 bits per heavy atom. The molecule has 0 bridgehead atoms. The first-order valence-corrected chi connectivity index (χ1v) is 9.50. The van der Waals surface area contributed by atoms with Crippen molar-refractivity contribution in [1.82, 2.24) is 14.9 Å². The fourth-order valence-corrected chi connectivity index (χ4v) is 4.45. The molecule has 1 heterocycles. The van der Waals surface area contributed by atoms with Gasteiger partial charge >= 0.3 is 0 Å². The number of hydrogen-bond donors (Lipinski definition) is 2. The third kappa shape index (κ3) is 4.53. The number of piperidine rings is 1. The van der Waals surface area contributed by atoms with Crippen LogP contribution in [0.25, 0.3) is 0 Å². The number of carbonyl (C=O) groups is 1. The molecule has 0 spiro atoms. The van der Waals surface area contributed by atoms with Crippen molar-refractivity contribution in [2.75, 3.05) is 26.7 Å². The third-order valence-electron chi connectivity index (χ3n) is 4.01. The second-order valence-electron chi connectivity index (χ2n) is 5.69. The van der Waals surface area contributed by atoms with Crippen molar-refractivity contribution < 1.29 is 13.2 Å². The second-order valence-corrected chi connectivity index (χ2v) is 7.58. The summed E-state index contributed by atoms with van der Waals surface area (Å²) in [6.07, 6.45) is 3.05. The van der Waals surface area contributed by atoms with E-state index < -0.39 is 16.1 Å². The molecular weight excluding hydrogens is 314 g/mol. The van der Waals surface area contributed by atoms with Gasteiger partial charge in [-0.05, 0) is 45.0 Å². The zero-order valence-electron chi connectivity index (χ0n) is 13.5. The zero-order valence-corrected chi connectivity index (χ0v) is 14.3. The molecule has 1 amide bonds. The SMILES string of the molecule is CNCCCNC(=O)C1CCCCN1S(=O)(=O)c1ccccc1. The normalized spacial score (nSPS) is 19.4. The number of rotatable bonds is 7. The Hall–Kier alpha value is -1.44. The number of hydrogen-bond acceptors (Lipinski definition) is 4. The van der Waals surface area contributed by atoms with Gasteiger partial charge in [0.15, 0.2) is 0 Å². The molecule has 1 unspecified atom stereocenters. The molecule has 1 aliphatic rings. The van der Waals surface area contributed by atoms with E-state index in [0.717, 1.165) is 25.8 Å². The van der Waals surface area contributed by atoms with Gasteiger partial charge in [-0.15, -0.1) is 0 Å². The summed E-state index contributed by atoms with van der Waals surface area (Å²) in [5.41, 5.74) is 0. The predicted molar refractivity (Wildman–Crippen MR) is 89.5 cm³/mol. The lowest BCUT2D eigenvalue weighted by molar-refractivity contribution is -0.125. The van der Waals surface area contributed by atoms with Crippen molar-refractivity contribution >= 4 is 15.9 Å². The van der Waals surface area contributed by atoms with Gasteiger partial charge in [0.2, 0.25) is 15.9 Å². The quantitative estimate of drug-likeness (QED) is 0.725. The van der Waals surface area contributed by atoms with E-state index in [1.54, 1.807) is 30.3 Å². The largest absolute Gasteiger partial charge is 0.355 e. The van der Waals surface area contributed by atoms with Crippen LogP contribution >= 0.6 is 0 Å². The van der Waals surface area contributed by atoms with Crippen LogP contribution < -0.4 is 10.6 Å². The standard InChI is InChI=1S/C16H25N3O3S/c1-17-11-7-12-18-16(20)15-10-5-6-13-19(15)23(21,22)14-8-3-2-4-9-14/h2-4,8-9,15,17H,5-7,10-13H2,1H3,(H,18,20). The van der Waals surface area contributed by atoms with Gasteiger partial charge in [0.1, 0.15) is 6.04 Å². The molecule has 0 aromatic heterocycles. The van der Waals surface area contributed by atoms with Crippen LogP contribution in [0.1, 0.15) is 25.7 Å². The van der Waals surface area contributed by atoms with E-state index in [1.165, 1.54) is 4.31 Å². The van der Waals surface area contributed by atoms with E-state index in [2.05, 4.69) is 10.6 Å². The van der Waals surface area contributed by atoms with E-state index in [1.807, 2.05) is 7.05 Å². The summed E-state index contributed by atoms with van der Waals surface area (Å²) in [7, 11) is -1.77. The maximum absolute atomic E-state index is 12.8. The smallest absolute Gasteiger partial charge is 0.243 e. The Balaban J connectivity index is 2.10. The molecule has 1 aliphatic heterocycles.